The topological polar surface area (TPSA) is 32.3 Å². The molecule has 1 aromatic carbocycles. The Labute approximate surface area is 132 Å². The van der Waals surface area contributed by atoms with Gasteiger partial charge in [-0.15, -0.1) is 0 Å². The zero-order chi connectivity index (χ0) is 15.1. The van der Waals surface area contributed by atoms with Gasteiger partial charge in [0.25, 0.3) is 0 Å². The standard InChI is InChI=1S/C13H16ClFN2OS2/c1-3-17(4-2)13(19)20-8-12(18)16-11-7-9(14)5-6-10(11)15/h5-7H,3-4,8H2,1-2H3,(H,16,18). The van der Waals surface area contributed by atoms with E-state index in [1.165, 1.54) is 30.0 Å². The molecule has 0 saturated heterocycles. The van der Waals surface area contributed by atoms with Crippen LogP contribution in [0.15, 0.2) is 18.2 Å². The Morgan fingerprint density at radius 1 is 1.45 bits per heavy atom. The lowest BCUT2D eigenvalue weighted by atomic mass is 10.3. The van der Waals surface area contributed by atoms with Gasteiger partial charge in [0.15, 0.2) is 0 Å². The minimum atomic E-state index is -0.515. The first kappa shape index (κ1) is 17.2. The number of rotatable bonds is 5. The number of thioether (sulfide) groups is 1. The molecular formula is C13H16ClFN2OS2. The lowest BCUT2D eigenvalue weighted by Gasteiger charge is -2.20. The highest BCUT2D eigenvalue weighted by atomic mass is 35.5. The Balaban J connectivity index is 2.52. The van der Waals surface area contributed by atoms with E-state index in [0.717, 1.165) is 13.1 Å². The van der Waals surface area contributed by atoms with Crippen LogP contribution in [0.1, 0.15) is 13.8 Å². The van der Waals surface area contributed by atoms with Gasteiger partial charge in [0.05, 0.1) is 11.4 Å². The molecule has 7 heteroatoms. The molecule has 1 rings (SSSR count). The second-order valence-electron chi connectivity index (χ2n) is 3.90. The number of nitrogens with one attached hydrogen (secondary N) is 1. The highest BCUT2D eigenvalue weighted by Crippen LogP contribution is 2.20. The van der Waals surface area contributed by atoms with Crippen LogP contribution in [0.25, 0.3) is 0 Å². The van der Waals surface area contributed by atoms with E-state index in [1.54, 1.807) is 0 Å². The molecule has 1 aromatic rings. The van der Waals surface area contributed by atoms with Crippen molar-refractivity contribution in [2.24, 2.45) is 0 Å². The summed E-state index contributed by atoms with van der Waals surface area (Å²) in [6.45, 7) is 5.59. The summed E-state index contributed by atoms with van der Waals surface area (Å²) in [6.07, 6.45) is 0. The number of halogens is 2. The summed E-state index contributed by atoms with van der Waals surface area (Å²) in [7, 11) is 0. The van der Waals surface area contributed by atoms with Crippen LogP contribution >= 0.6 is 35.6 Å². The second-order valence-corrected chi connectivity index (χ2v) is 5.94. The minimum absolute atomic E-state index is 0.0804. The molecule has 0 unspecified atom stereocenters. The van der Waals surface area contributed by atoms with Crippen LogP contribution in [0.5, 0.6) is 0 Å². The van der Waals surface area contributed by atoms with E-state index < -0.39 is 5.82 Å². The first-order valence-corrected chi connectivity index (χ1v) is 7.91. The van der Waals surface area contributed by atoms with Crippen molar-refractivity contribution in [3.8, 4) is 0 Å². The second kappa shape index (κ2) is 8.44. The average Bonchev–Trinajstić information content (AvgIpc) is 2.42. The van der Waals surface area contributed by atoms with Crippen LogP contribution in [-0.2, 0) is 4.79 Å². The predicted molar refractivity (Wildman–Crippen MR) is 88.0 cm³/mol. The van der Waals surface area contributed by atoms with Crippen molar-refractivity contribution in [3.05, 3.63) is 29.0 Å². The quantitative estimate of drug-likeness (QED) is 0.831. The van der Waals surface area contributed by atoms with Crippen LogP contribution in [0.2, 0.25) is 5.02 Å². The zero-order valence-electron chi connectivity index (χ0n) is 11.3. The van der Waals surface area contributed by atoms with Crippen LogP contribution in [0, 0.1) is 5.82 Å². The maximum absolute atomic E-state index is 13.5. The molecule has 0 radical (unpaired) electrons. The van der Waals surface area contributed by atoms with Gasteiger partial charge in [-0.25, -0.2) is 4.39 Å². The summed E-state index contributed by atoms with van der Waals surface area (Å²) >= 11 is 12.2. The number of hydrogen-bond donors (Lipinski definition) is 1. The Bertz CT molecular complexity index is 495. The number of hydrogen-bond acceptors (Lipinski definition) is 3. The Kier molecular flexibility index (Phi) is 7.26. The fraction of sp³-hybridized carbons (Fsp3) is 0.385. The fourth-order valence-corrected chi connectivity index (χ4v) is 2.85. The van der Waals surface area contributed by atoms with E-state index in [2.05, 4.69) is 5.32 Å². The van der Waals surface area contributed by atoms with Crippen LogP contribution in [0.3, 0.4) is 0 Å². The first-order chi connectivity index (χ1) is 9.47. The maximum Gasteiger partial charge on any atom is 0.234 e. The third-order valence-electron chi connectivity index (χ3n) is 2.55. The molecule has 1 N–H and O–H groups in total. The number of amides is 1. The molecule has 0 aliphatic carbocycles. The van der Waals surface area contributed by atoms with E-state index in [1.807, 2.05) is 18.7 Å². The third kappa shape index (κ3) is 5.26. The monoisotopic (exact) mass is 334 g/mol. The summed E-state index contributed by atoms with van der Waals surface area (Å²) in [5.41, 5.74) is 0.0804. The number of carbonyl (C=O) groups excluding carboxylic acids is 1. The molecule has 1 amide bonds. The van der Waals surface area contributed by atoms with Gasteiger partial charge in [0.2, 0.25) is 5.91 Å². The van der Waals surface area contributed by atoms with Gasteiger partial charge in [-0.3, -0.25) is 4.79 Å². The minimum Gasteiger partial charge on any atom is -0.358 e. The van der Waals surface area contributed by atoms with E-state index in [4.69, 9.17) is 23.8 Å². The largest absolute Gasteiger partial charge is 0.358 e. The molecule has 0 bridgehead atoms. The van der Waals surface area contributed by atoms with Crippen molar-refractivity contribution in [2.75, 3.05) is 24.2 Å². The molecule has 20 heavy (non-hydrogen) atoms. The van der Waals surface area contributed by atoms with Crippen LogP contribution in [0.4, 0.5) is 10.1 Å². The highest BCUT2D eigenvalue weighted by Gasteiger charge is 2.11. The highest BCUT2D eigenvalue weighted by molar-refractivity contribution is 8.23. The van der Waals surface area contributed by atoms with Crippen molar-refractivity contribution in [3.63, 3.8) is 0 Å². The van der Waals surface area contributed by atoms with Gasteiger partial charge in [-0.2, -0.15) is 0 Å². The van der Waals surface area contributed by atoms with Crippen LogP contribution < -0.4 is 5.32 Å². The maximum atomic E-state index is 13.5. The van der Waals surface area contributed by atoms with Crippen molar-refractivity contribution in [1.29, 1.82) is 0 Å². The Morgan fingerprint density at radius 2 is 2.10 bits per heavy atom. The van der Waals surface area contributed by atoms with E-state index >= 15 is 0 Å². The molecule has 0 heterocycles. The van der Waals surface area contributed by atoms with Crippen molar-refractivity contribution in [2.45, 2.75) is 13.8 Å². The smallest absolute Gasteiger partial charge is 0.234 e. The summed E-state index contributed by atoms with van der Waals surface area (Å²) in [5, 5.41) is 2.85. The summed E-state index contributed by atoms with van der Waals surface area (Å²) in [4.78, 5) is 13.7. The molecule has 0 aliphatic rings. The molecule has 0 spiro atoms. The lowest BCUT2D eigenvalue weighted by Crippen LogP contribution is -2.28. The Hall–Kier alpha value is -0.850. The molecule has 0 atom stereocenters. The molecule has 0 aliphatic heterocycles. The normalized spacial score (nSPS) is 10.2. The Morgan fingerprint density at radius 3 is 2.70 bits per heavy atom. The van der Waals surface area contributed by atoms with Gasteiger partial charge < -0.3 is 10.2 Å². The molecule has 0 fully saturated rings. The zero-order valence-corrected chi connectivity index (χ0v) is 13.7. The molecular weight excluding hydrogens is 319 g/mol. The number of benzene rings is 1. The SMILES string of the molecule is CCN(CC)C(=S)SCC(=O)Nc1cc(Cl)ccc1F. The van der Waals surface area contributed by atoms with Gasteiger partial charge in [0, 0.05) is 18.1 Å². The summed E-state index contributed by atoms with van der Waals surface area (Å²) < 4.78 is 14.1. The first-order valence-electron chi connectivity index (χ1n) is 6.14. The average molecular weight is 335 g/mol. The van der Waals surface area contributed by atoms with Crippen molar-refractivity contribution in [1.82, 2.24) is 4.90 Å². The molecule has 0 aromatic heterocycles. The van der Waals surface area contributed by atoms with Gasteiger partial charge in [0.1, 0.15) is 10.1 Å². The molecule has 110 valence electrons. The molecule has 0 saturated carbocycles. The third-order valence-corrected chi connectivity index (χ3v) is 4.31. The van der Waals surface area contributed by atoms with E-state index in [-0.39, 0.29) is 17.3 Å². The predicted octanol–water partition coefficient (Wildman–Crippen LogP) is 3.78. The lowest BCUT2D eigenvalue weighted by molar-refractivity contribution is -0.113. The summed E-state index contributed by atoms with van der Waals surface area (Å²) in [5.74, 6) is -0.689. The van der Waals surface area contributed by atoms with Gasteiger partial charge in [-0.05, 0) is 32.0 Å². The number of carbonyl (C=O) groups is 1. The molecule has 3 nitrogen and oxygen atoms in total. The summed E-state index contributed by atoms with van der Waals surface area (Å²) in [6, 6.07) is 4.02. The number of thiocarbonyl (C=S) groups is 1. The number of nitrogens with zero attached hydrogens (tertiary/aromatic N) is 1. The van der Waals surface area contributed by atoms with Gasteiger partial charge in [-0.1, -0.05) is 35.6 Å². The fourth-order valence-electron chi connectivity index (χ4n) is 1.48. The number of anilines is 1. The van der Waals surface area contributed by atoms with Crippen LogP contribution in [-0.4, -0.2) is 34.0 Å². The van der Waals surface area contributed by atoms with E-state index in [0.29, 0.717) is 9.34 Å². The van der Waals surface area contributed by atoms with Crippen molar-refractivity contribution < 1.29 is 9.18 Å². The van der Waals surface area contributed by atoms with E-state index in [9.17, 15) is 9.18 Å². The van der Waals surface area contributed by atoms with Gasteiger partial charge >= 0.3 is 0 Å². The van der Waals surface area contributed by atoms with Crippen molar-refractivity contribution >= 4 is 51.5 Å².